The zero-order valence-electron chi connectivity index (χ0n) is 8.69. The highest BCUT2D eigenvalue weighted by Crippen LogP contribution is 2.09. The van der Waals surface area contributed by atoms with E-state index in [1.165, 1.54) is 0 Å². The molecular formula is C9H19NO3S. The van der Waals surface area contributed by atoms with E-state index in [4.69, 9.17) is 10.2 Å². The lowest BCUT2D eigenvalue weighted by Gasteiger charge is -2.13. The van der Waals surface area contributed by atoms with Crippen LogP contribution in [0.15, 0.2) is 0 Å². The molecule has 0 bridgehead atoms. The minimum absolute atomic E-state index is 0.159. The van der Waals surface area contributed by atoms with Crippen molar-refractivity contribution in [3.63, 3.8) is 0 Å². The molecule has 0 saturated carbocycles. The van der Waals surface area contributed by atoms with Gasteiger partial charge < -0.3 is 15.5 Å². The molecule has 0 aliphatic rings. The second-order valence-electron chi connectivity index (χ2n) is 3.27. The summed E-state index contributed by atoms with van der Waals surface area (Å²) in [6.07, 6.45) is 0. The molecule has 0 aliphatic heterocycles. The number of thioether (sulfide) groups is 1. The molecule has 14 heavy (non-hydrogen) atoms. The first kappa shape index (κ1) is 13.7. The average molecular weight is 221 g/mol. The van der Waals surface area contributed by atoms with Crippen LogP contribution in [0.4, 0.5) is 0 Å². The van der Waals surface area contributed by atoms with Crippen molar-refractivity contribution in [2.24, 2.45) is 5.92 Å². The largest absolute Gasteiger partial charge is 0.480 e. The summed E-state index contributed by atoms with van der Waals surface area (Å²) in [6.45, 7) is 4.64. The molecule has 0 aromatic carbocycles. The van der Waals surface area contributed by atoms with Crippen LogP contribution in [0.5, 0.6) is 0 Å². The Kier molecular flexibility index (Phi) is 7.93. The van der Waals surface area contributed by atoms with Crippen LogP contribution in [0.3, 0.4) is 0 Å². The predicted molar refractivity (Wildman–Crippen MR) is 58.7 cm³/mol. The molecule has 0 radical (unpaired) electrons. The Morgan fingerprint density at radius 1 is 1.50 bits per heavy atom. The molecular weight excluding hydrogens is 202 g/mol. The number of hydrogen-bond acceptors (Lipinski definition) is 4. The number of carboxylic acids is 1. The lowest BCUT2D eigenvalue weighted by Crippen LogP contribution is -2.38. The molecule has 4 nitrogen and oxygen atoms in total. The lowest BCUT2D eigenvalue weighted by molar-refractivity contribution is -0.138. The molecule has 0 aromatic heterocycles. The molecule has 0 amide bonds. The fourth-order valence-corrected chi connectivity index (χ4v) is 2.04. The number of likely N-dealkylation sites (N-methyl/N-ethyl adjacent to an activating group) is 1. The summed E-state index contributed by atoms with van der Waals surface area (Å²) >= 11 is 1.56. The Hall–Kier alpha value is -0.260. The van der Waals surface area contributed by atoms with Crippen LogP contribution in [-0.4, -0.2) is 46.9 Å². The van der Waals surface area contributed by atoms with E-state index < -0.39 is 12.0 Å². The number of aliphatic hydroxyl groups excluding tert-OH is 1. The zero-order chi connectivity index (χ0) is 11.0. The smallest absolute Gasteiger partial charge is 0.321 e. The first-order valence-corrected chi connectivity index (χ1v) is 5.92. The van der Waals surface area contributed by atoms with Crippen molar-refractivity contribution in [1.29, 1.82) is 0 Å². The van der Waals surface area contributed by atoms with Gasteiger partial charge >= 0.3 is 5.97 Å². The molecule has 2 atom stereocenters. The number of carbonyl (C=O) groups is 1. The van der Waals surface area contributed by atoms with Gasteiger partial charge in [0, 0.05) is 12.4 Å². The number of nitrogens with one attached hydrogen (secondary N) is 1. The van der Waals surface area contributed by atoms with Crippen molar-refractivity contribution in [3.8, 4) is 0 Å². The van der Waals surface area contributed by atoms with E-state index in [-0.39, 0.29) is 12.5 Å². The summed E-state index contributed by atoms with van der Waals surface area (Å²) in [4.78, 5) is 10.7. The van der Waals surface area contributed by atoms with E-state index in [1.54, 1.807) is 11.8 Å². The molecule has 0 fully saturated rings. The van der Waals surface area contributed by atoms with Gasteiger partial charge in [-0.15, -0.1) is 0 Å². The van der Waals surface area contributed by atoms with Crippen molar-refractivity contribution in [2.75, 3.05) is 24.7 Å². The number of carboxylic acid groups (broad SMARTS) is 1. The van der Waals surface area contributed by atoms with Crippen LogP contribution >= 0.6 is 11.8 Å². The molecule has 5 heteroatoms. The lowest BCUT2D eigenvalue weighted by atomic mass is 10.2. The van der Waals surface area contributed by atoms with Crippen molar-refractivity contribution in [2.45, 2.75) is 19.9 Å². The highest BCUT2D eigenvalue weighted by Gasteiger charge is 2.15. The SMILES string of the molecule is CCNC(CSCC(C)CO)C(=O)O. The molecule has 2 unspecified atom stereocenters. The third kappa shape index (κ3) is 6.23. The maximum absolute atomic E-state index is 10.7. The first-order chi connectivity index (χ1) is 6.61. The van der Waals surface area contributed by atoms with Crippen molar-refractivity contribution in [1.82, 2.24) is 5.32 Å². The van der Waals surface area contributed by atoms with Gasteiger partial charge in [-0.1, -0.05) is 13.8 Å². The highest BCUT2D eigenvalue weighted by molar-refractivity contribution is 7.99. The molecule has 0 aliphatic carbocycles. The van der Waals surface area contributed by atoms with E-state index in [2.05, 4.69) is 5.32 Å². The predicted octanol–water partition coefficient (Wildman–Crippen LogP) is 0.411. The Bertz CT molecular complexity index is 166. The van der Waals surface area contributed by atoms with Crippen LogP contribution in [0.2, 0.25) is 0 Å². The quantitative estimate of drug-likeness (QED) is 0.554. The minimum Gasteiger partial charge on any atom is -0.480 e. The molecule has 0 rings (SSSR count). The summed E-state index contributed by atoms with van der Waals surface area (Å²) in [5, 5.41) is 20.5. The van der Waals surface area contributed by atoms with Gasteiger partial charge in [0.05, 0.1) is 0 Å². The van der Waals surface area contributed by atoms with E-state index in [9.17, 15) is 4.79 Å². The second kappa shape index (κ2) is 8.08. The van der Waals surface area contributed by atoms with E-state index in [0.29, 0.717) is 12.3 Å². The first-order valence-electron chi connectivity index (χ1n) is 4.76. The van der Waals surface area contributed by atoms with Crippen LogP contribution in [-0.2, 0) is 4.79 Å². The van der Waals surface area contributed by atoms with Gasteiger partial charge in [-0.2, -0.15) is 11.8 Å². The maximum Gasteiger partial charge on any atom is 0.321 e. The number of aliphatic carboxylic acids is 1. The van der Waals surface area contributed by atoms with Crippen LogP contribution in [0, 0.1) is 5.92 Å². The number of hydrogen-bond donors (Lipinski definition) is 3. The maximum atomic E-state index is 10.7. The van der Waals surface area contributed by atoms with Crippen LogP contribution < -0.4 is 5.32 Å². The van der Waals surface area contributed by atoms with Gasteiger partial charge in [-0.3, -0.25) is 4.79 Å². The van der Waals surface area contributed by atoms with Crippen molar-refractivity contribution < 1.29 is 15.0 Å². The van der Waals surface area contributed by atoms with Gasteiger partial charge in [0.1, 0.15) is 6.04 Å². The van der Waals surface area contributed by atoms with Gasteiger partial charge in [0.2, 0.25) is 0 Å². The molecule has 0 saturated heterocycles. The summed E-state index contributed by atoms with van der Waals surface area (Å²) in [5.41, 5.74) is 0. The van der Waals surface area contributed by atoms with E-state index in [1.807, 2.05) is 13.8 Å². The monoisotopic (exact) mass is 221 g/mol. The Morgan fingerprint density at radius 3 is 2.57 bits per heavy atom. The standard InChI is InChI=1S/C9H19NO3S/c1-3-10-8(9(12)13)6-14-5-7(2)4-11/h7-8,10-11H,3-6H2,1-2H3,(H,12,13). The topological polar surface area (TPSA) is 69.6 Å². The average Bonchev–Trinajstić information content (AvgIpc) is 2.16. The fourth-order valence-electron chi connectivity index (χ4n) is 0.904. The zero-order valence-corrected chi connectivity index (χ0v) is 9.51. The molecule has 84 valence electrons. The Balaban J connectivity index is 3.66. The Labute approximate surface area is 89.1 Å². The summed E-state index contributed by atoms with van der Waals surface area (Å²) in [6, 6.07) is -0.476. The third-order valence-corrected chi connectivity index (χ3v) is 3.12. The van der Waals surface area contributed by atoms with Crippen molar-refractivity contribution in [3.05, 3.63) is 0 Å². The summed E-state index contributed by atoms with van der Waals surface area (Å²) in [7, 11) is 0. The van der Waals surface area contributed by atoms with Gasteiger partial charge in [0.15, 0.2) is 0 Å². The van der Waals surface area contributed by atoms with E-state index >= 15 is 0 Å². The molecule has 0 spiro atoms. The highest BCUT2D eigenvalue weighted by atomic mass is 32.2. The molecule has 3 N–H and O–H groups in total. The van der Waals surface area contributed by atoms with Gasteiger partial charge in [0.25, 0.3) is 0 Å². The number of rotatable bonds is 8. The summed E-state index contributed by atoms with van der Waals surface area (Å²) < 4.78 is 0. The van der Waals surface area contributed by atoms with Gasteiger partial charge in [-0.25, -0.2) is 0 Å². The van der Waals surface area contributed by atoms with Crippen LogP contribution in [0.25, 0.3) is 0 Å². The molecule has 0 heterocycles. The second-order valence-corrected chi connectivity index (χ2v) is 4.35. The van der Waals surface area contributed by atoms with E-state index in [0.717, 1.165) is 5.75 Å². The minimum atomic E-state index is -0.809. The normalized spacial score (nSPS) is 15.1. The van der Waals surface area contributed by atoms with Gasteiger partial charge in [-0.05, 0) is 18.2 Å². The number of aliphatic hydroxyl groups is 1. The Morgan fingerprint density at radius 2 is 2.14 bits per heavy atom. The fraction of sp³-hybridized carbons (Fsp3) is 0.889. The third-order valence-electron chi connectivity index (χ3n) is 1.75. The summed E-state index contributed by atoms with van der Waals surface area (Å²) in [5.74, 6) is 0.770. The molecule has 0 aromatic rings. The van der Waals surface area contributed by atoms with Crippen molar-refractivity contribution >= 4 is 17.7 Å². The van der Waals surface area contributed by atoms with Crippen LogP contribution in [0.1, 0.15) is 13.8 Å².